The van der Waals surface area contributed by atoms with E-state index < -0.39 is 0 Å². The van der Waals surface area contributed by atoms with Gasteiger partial charge in [0.15, 0.2) is 0 Å². The number of amidine groups is 1. The molecule has 2 atom stereocenters. The monoisotopic (exact) mass is 138 g/mol. The Morgan fingerprint density at radius 2 is 2.30 bits per heavy atom. The van der Waals surface area contributed by atoms with E-state index >= 15 is 0 Å². The molecule has 0 amide bonds. The molecule has 2 heteroatoms. The maximum atomic E-state index is 7.07. The minimum atomic E-state index is 0.308. The second kappa shape index (κ2) is 2.19. The first-order valence-corrected chi connectivity index (χ1v) is 3.65. The fourth-order valence-corrected chi connectivity index (χ4v) is 1.03. The van der Waals surface area contributed by atoms with E-state index in [0.717, 1.165) is 5.92 Å². The Bertz CT molecular complexity index is 184. The van der Waals surface area contributed by atoms with Gasteiger partial charge in [-0.15, -0.1) is 0 Å². The van der Waals surface area contributed by atoms with Crippen LogP contribution in [0.4, 0.5) is 0 Å². The Morgan fingerprint density at radius 1 is 1.80 bits per heavy atom. The molecule has 0 bridgehead atoms. The van der Waals surface area contributed by atoms with E-state index in [4.69, 9.17) is 5.41 Å². The van der Waals surface area contributed by atoms with Crippen LogP contribution in [0.3, 0.4) is 0 Å². The molecule has 0 aromatic heterocycles. The van der Waals surface area contributed by atoms with Crippen molar-refractivity contribution in [2.24, 2.45) is 16.3 Å². The summed E-state index contributed by atoms with van der Waals surface area (Å²) in [7, 11) is 0. The summed E-state index contributed by atoms with van der Waals surface area (Å²) in [6.07, 6.45) is 3.14. The molecular formula is C8H14N2. The number of hydrogen-bond acceptors (Lipinski definition) is 1. The molecule has 0 radical (unpaired) electrons. The van der Waals surface area contributed by atoms with Crippen LogP contribution in [0.2, 0.25) is 0 Å². The van der Waals surface area contributed by atoms with Gasteiger partial charge in [0.2, 0.25) is 0 Å². The van der Waals surface area contributed by atoms with Crippen LogP contribution in [-0.2, 0) is 0 Å². The van der Waals surface area contributed by atoms with Gasteiger partial charge in [0.25, 0.3) is 0 Å². The van der Waals surface area contributed by atoms with Gasteiger partial charge in [0, 0.05) is 11.6 Å². The summed E-state index contributed by atoms with van der Waals surface area (Å²) in [4.78, 5) is 3.97. The number of aliphatic imine (C=N–C) groups is 1. The summed E-state index contributed by atoms with van der Waals surface area (Å²) in [5.41, 5.74) is 0.308. The van der Waals surface area contributed by atoms with Crippen molar-refractivity contribution in [3.63, 3.8) is 0 Å². The lowest BCUT2D eigenvalue weighted by Gasteiger charge is -1.97. The van der Waals surface area contributed by atoms with Crippen molar-refractivity contribution < 1.29 is 0 Å². The predicted octanol–water partition coefficient (Wildman–Crippen LogP) is 2.10. The maximum Gasteiger partial charge on any atom is 0.116 e. The summed E-state index contributed by atoms with van der Waals surface area (Å²) in [6.45, 7) is 6.10. The van der Waals surface area contributed by atoms with Crippen LogP contribution in [0.25, 0.3) is 0 Å². The molecule has 1 aliphatic rings. The van der Waals surface area contributed by atoms with Crippen LogP contribution in [0.1, 0.15) is 27.2 Å². The third-order valence-corrected chi connectivity index (χ3v) is 2.26. The van der Waals surface area contributed by atoms with Crippen LogP contribution < -0.4 is 0 Å². The van der Waals surface area contributed by atoms with E-state index in [1.165, 1.54) is 6.42 Å². The molecule has 0 aromatic carbocycles. The average Bonchev–Trinajstić information content (AvgIpc) is 2.38. The van der Waals surface area contributed by atoms with E-state index in [0.29, 0.717) is 11.3 Å². The normalized spacial score (nSPS) is 38.5. The Labute approximate surface area is 61.9 Å². The minimum Gasteiger partial charge on any atom is -0.287 e. The van der Waals surface area contributed by atoms with Crippen molar-refractivity contribution >= 4 is 12.1 Å². The summed E-state index contributed by atoms with van der Waals surface area (Å²) < 4.78 is 0. The zero-order chi connectivity index (χ0) is 7.78. The first kappa shape index (κ1) is 7.45. The fourth-order valence-electron chi connectivity index (χ4n) is 1.03. The number of rotatable bonds is 1. The largest absolute Gasteiger partial charge is 0.287 e. The summed E-state index contributed by atoms with van der Waals surface area (Å²) in [5, 5.41) is 7.07. The van der Waals surface area contributed by atoms with Gasteiger partial charge < -0.3 is 0 Å². The minimum absolute atomic E-state index is 0.308. The van der Waals surface area contributed by atoms with E-state index in [9.17, 15) is 0 Å². The van der Waals surface area contributed by atoms with Gasteiger partial charge in [-0.25, -0.2) is 4.99 Å². The molecule has 1 saturated carbocycles. The van der Waals surface area contributed by atoms with Gasteiger partial charge in [0.1, 0.15) is 5.84 Å². The molecule has 1 rings (SSSR count). The van der Waals surface area contributed by atoms with Gasteiger partial charge in [-0.2, -0.15) is 0 Å². The Balaban J connectivity index is 2.47. The highest BCUT2D eigenvalue weighted by molar-refractivity contribution is 5.87. The van der Waals surface area contributed by atoms with Crippen molar-refractivity contribution in [1.29, 1.82) is 5.41 Å². The molecule has 1 fully saturated rings. The molecule has 1 aliphatic carbocycles. The van der Waals surface area contributed by atoms with E-state index in [2.05, 4.69) is 18.8 Å². The van der Waals surface area contributed by atoms with Crippen molar-refractivity contribution in [1.82, 2.24) is 0 Å². The number of nitrogens with zero attached hydrogens (tertiary/aromatic N) is 1. The van der Waals surface area contributed by atoms with Gasteiger partial charge in [-0.3, -0.25) is 5.41 Å². The van der Waals surface area contributed by atoms with Crippen LogP contribution in [0, 0.1) is 16.7 Å². The first-order valence-electron chi connectivity index (χ1n) is 3.65. The third-order valence-electron chi connectivity index (χ3n) is 2.26. The molecule has 0 heterocycles. The topological polar surface area (TPSA) is 36.2 Å². The zero-order valence-corrected chi connectivity index (χ0v) is 6.81. The highest BCUT2D eigenvalue weighted by atomic mass is 14.8. The summed E-state index contributed by atoms with van der Waals surface area (Å²) in [5.74, 6) is 1.16. The zero-order valence-electron chi connectivity index (χ0n) is 6.81. The Morgan fingerprint density at radius 3 is 2.60 bits per heavy atom. The molecule has 0 saturated heterocycles. The Hall–Kier alpha value is -0.660. The average molecular weight is 138 g/mol. The predicted molar refractivity (Wildman–Crippen MR) is 43.8 cm³/mol. The quantitative estimate of drug-likeness (QED) is 0.425. The molecule has 10 heavy (non-hydrogen) atoms. The van der Waals surface area contributed by atoms with Crippen LogP contribution >= 0.6 is 0 Å². The lowest BCUT2D eigenvalue weighted by molar-refractivity contribution is 0.726. The second-order valence-corrected chi connectivity index (χ2v) is 3.45. The third kappa shape index (κ3) is 1.43. The van der Waals surface area contributed by atoms with Crippen LogP contribution in [0.5, 0.6) is 0 Å². The second-order valence-electron chi connectivity index (χ2n) is 3.45. The Kier molecular flexibility index (Phi) is 1.63. The fraction of sp³-hybridized carbons (Fsp3) is 0.750. The van der Waals surface area contributed by atoms with Crippen molar-refractivity contribution in [3.05, 3.63) is 0 Å². The number of hydrogen-bond donors (Lipinski definition) is 1. The van der Waals surface area contributed by atoms with E-state index in [1.807, 2.05) is 6.21 Å². The van der Waals surface area contributed by atoms with Crippen molar-refractivity contribution in [2.75, 3.05) is 0 Å². The molecule has 0 aromatic rings. The van der Waals surface area contributed by atoms with Crippen molar-refractivity contribution in [3.8, 4) is 0 Å². The highest BCUT2D eigenvalue weighted by Gasteiger charge is 2.44. The molecule has 2 unspecified atom stereocenters. The number of nitrogens with one attached hydrogen (secondary N) is 1. The van der Waals surface area contributed by atoms with Gasteiger partial charge in [-0.05, 0) is 19.3 Å². The van der Waals surface area contributed by atoms with Crippen molar-refractivity contribution in [2.45, 2.75) is 27.2 Å². The standard InChI is InChI=1S/C8H14N2/c1-6-4-8(6,3)5-10-7(2)9/h5-6,9H,4H2,1-3H3. The van der Waals surface area contributed by atoms with E-state index in [-0.39, 0.29) is 0 Å². The summed E-state index contributed by atoms with van der Waals surface area (Å²) >= 11 is 0. The van der Waals surface area contributed by atoms with Gasteiger partial charge in [-0.1, -0.05) is 13.8 Å². The molecule has 56 valence electrons. The smallest absolute Gasteiger partial charge is 0.116 e. The van der Waals surface area contributed by atoms with Gasteiger partial charge in [0.05, 0.1) is 0 Å². The lowest BCUT2D eigenvalue weighted by atomic mass is 10.1. The highest BCUT2D eigenvalue weighted by Crippen LogP contribution is 2.49. The SMILES string of the molecule is CC(=N)N=CC1(C)CC1C. The van der Waals surface area contributed by atoms with Crippen LogP contribution in [0.15, 0.2) is 4.99 Å². The molecule has 0 aliphatic heterocycles. The van der Waals surface area contributed by atoms with Crippen LogP contribution in [-0.4, -0.2) is 12.1 Å². The molecule has 1 N–H and O–H groups in total. The summed E-state index contributed by atoms with van der Waals surface area (Å²) in [6, 6.07) is 0. The van der Waals surface area contributed by atoms with Gasteiger partial charge >= 0.3 is 0 Å². The molecule has 2 nitrogen and oxygen atoms in total. The maximum absolute atomic E-state index is 7.07. The lowest BCUT2D eigenvalue weighted by Crippen LogP contribution is -1.99. The molecule has 0 spiro atoms. The first-order chi connectivity index (χ1) is 4.54. The van der Waals surface area contributed by atoms with E-state index in [1.54, 1.807) is 6.92 Å². The molecular weight excluding hydrogens is 124 g/mol.